The molecule has 7 nitrogen and oxygen atoms in total. The molecule has 0 radical (unpaired) electrons. The van der Waals surface area contributed by atoms with Crippen molar-refractivity contribution in [3.05, 3.63) is 24.1 Å². The highest BCUT2D eigenvalue weighted by atomic mass is 16.5. The van der Waals surface area contributed by atoms with Gasteiger partial charge in [-0.05, 0) is 12.1 Å². The van der Waals surface area contributed by atoms with Crippen LogP contribution in [-0.2, 0) is 11.2 Å². The van der Waals surface area contributed by atoms with Gasteiger partial charge in [-0.25, -0.2) is 0 Å². The van der Waals surface area contributed by atoms with Crippen LogP contribution in [0.25, 0.3) is 11.4 Å². The smallest absolute Gasteiger partial charge is 0.229 e. The van der Waals surface area contributed by atoms with Gasteiger partial charge in [0, 0.05) is 25.3 Å². The lowest BCUT2D eigenvalue weighted by atomic mass is 10.2. The zero-order valence-corrected chi connectivity index (χ0v) is 12.3. The van der Waals surface area contributed by atoms with Gasteiger partial charge < -0.3 is 24.5 Å². The number of rotatable bonds is 7. The first kappa shape index (κ1) is 15.3. The van der Waals surface area contributed by atoms with Crippen molar-refractivity contribution < 1.29 is 18.7 Å². The second-order valence-electron chi connectivity index (χ2n) is 4.41. The molecule has 2 aromatic rings. The lowest BCUT2D eigenvalue weighted by Gasteiger charge is -2.08. The van der Waals surface area contributed by atoms with Crippen LogP contribution < -0.4 is 15.2 Å². The number of nitrogens with zero attached hydrogens (tertiary/aromatic N) is 2. The summed E-state index contributed by atoms with van der Waals surface area (Å²) in [5.41, 5.74) is 6.33. The first-order valence-corrected chi connectivity index (χ1v) is 6.49. The summed E-state index contributed by atoms with van der Waals surface area (Å²) in [5, 5.41) is 3.97. The van der Waals surface area contributed by atoms with Gasteiger partial charge in [-0.3, -0.25) is 0 Å². The van der Waals surface area contributed by atoms with E-state index < -0.39 is 0 Å². The molecule has 7 heteroatoms. The average molecular weight is 293 g/mol. The van der Waals surface area contributed by atoms with Gasteiger partial charge in [0.2, 0.25) is 11.7 Å². The molecule has 0 spiro atoms. The van der Waals surface area contributed by atoms with Crippen molar-refractivity contribution in [2.24, 2.45) is 5.73 Å². The summed E-state index contributed by atoms with van der Waals surface area (Å²) in [6.07, 6.45) is 0.333. The van der Waals surface area contributed by atoms with Crippen LogP contribution >= 0.6 is 0 Å². The molecule has 0 amide bonds. The minimum absolute atomic E-state index is 0.141. The number of methoxy groups -OCH3 is 3. The van der Waals surface area contributed by atoms with Gasteiger partial charge >= 0.3 is 0 Å². The van der Waals surface area contributed by atoms with Crippen LogP contribution in [0.15, 0.2) is 22.7 Å². The highest BCUT2D eigenvalue weighted by Gasteiger charge is 2.15. The van der Waals surface area contributed by atoms with Crippen molar-refractivity contribution in [2.45, 2.75) is 12.5 Å². The van der Waals surface area contributed by atoms with E-state index in [1.807, 2.05) is 12.1 Å². The molecule has 0 aliphatic carbocycles. The maximum atomic E-state index is 5.58. The molecule has 1 atom stereocenters. The Morgan fingerprint density at radius 1 is 1.14 bits per heavy atom. The summed E-state index contributed by atoms with van der Waals surface area (Å²) in [6.45, 7) is 0.390. The SMILES string of the molecule is COc1cc(OC)cc(-c2noc(CC(CN)OC)n2)c1. The Bertz CT molecular complexity index is 559. The fraction of sp³-hybridized carbons (Fsp3) is 0.429. The number of nitrogens with two attached hydrogens (primary N) is 1. The van der Waals surface area contributed by atoms with Crippen LogP contribution in [0.3, 0.4) is 0 Å². The van der Waals surface area contributed by atoms with E-state index in [4.69, 9.17) is 24.5 Å². The van der Waals surface area contributed by atoms with Gasteiger partial charge in [-0.2, -0.15) is 4.98 Å². The van der Waals surface area contributed by atoms with Crippen LogP contribution in [0.5, 0.6) is 11.5 Å². The Morgan fingerprint density at radius 2 is 1.81 bits per heavy atom. The molecular weight excluding hydrogens is 274 g/mol. The van der Waals surface area contributed by atoms with E-state index in [2.05, 4.69) is 10.1 Å². The Balaban J connectivity index is 2.24. The topological polar surface area (TPSA) is 92.6 Å². The largest absolute Gasteiger partial charge is 0.497 e. The third-order valence-electron chi connectivity index (χ3n) is 3.08. The summed E-state index contributed by atoms with van der Waals surface area (Å²) >= 11 is 0. The maximum absolute atomic E-state index is 5.58. The molecule has 1 heterocycles. The van der Waals surface area contributed by atoms with Gasteiger partial charge in [0.1, 0.15) is 11.5 Å². The van der Waals surface area contributed by atoms with Crippen LogP contribution in [0.4, 0.5) is 0 Å². The fourth-order valence-corrected chi connectivity index (χ4v) is 1.85. The zero-order chi connectivity index (χ0) is 15.2. The molecule has 0 aliphatic heterocycles. The van der Waals surface area contributed by atoms with Gasteiger partial charge in [0.15, 0.2) is 0 Å². The molecule has 2 N–H and O–H groups in total. The number of hydrogen-bond donors (Lipinski definition) is 1. The zero-order valence-electron chi connectivity index (χ0n) is 12.3. The summed E-state index contributed by atoms with van der Waals surface area (Å²) in [5.74, 6) is 2.26. The molecule has 1 unspecified atom stereocenters. The van der Waals surface area contributed by atoms with Gasteiger partial charge in [-0.15, -0.1) is 0 Å². The minimum Gasteiger partial charge on any atom is -0.497 e. The van der Waals surface area contributed by atoms with E-state index in [0.717, 1.165) is 5.56 Å². The molecule has 114 valence electrons. The number of benzene rings is 1. The number of ether oxygens (including phenoxy) is 3. The Morgan fingerprint density at radius 3 is 2.33 bits per heavy atom. The number of aromatic nitrogens is 2. The maximum Gasteiger partial charge on any atom is 0.229 e. The third kappa shape index (κ3) is 3.71. The van der Waals surface area contributed by atoms with Gasteiger partial charge in [0.05, 0.1) is 26.7 Å². The molecule has 2 rings (SSSR count). The quantitative estimate of drug-likeness (QED) is 0.821. The summed E-state index contributed by atoms with van der Waals surface area (Å²) in [6, 6.07) is 5.40. The third-order valence-corrected chi connectivity index (χ3v) is 3.08. The Hall–Kier alpha value is -2.12. The highest BCUT2D eigenvalue weighted by Crippen LogP contribution is 2.28. The lowest BCUT2D eigenvalue weighted by molar-refractivity contribution is 0.102. The summed E-state index contributed by atoms with van der Waals surface area (Å²) < 4.78 is 20.9. The Labute approximate surface area is 123 Å². The normalized spacial score (nSPS) is 12.2. The van der Waals surface area contributed by atoms with Crippen molar-refractivity contribution in [1.29, 1.82) is 0 Å². The van der Waals surface area contributed by atoms with Crippen molar-refractivity contribution >= 4 is 0 Å². The molecule has 0 saturated carbocycles. The predicted molar refractivity (Wildman–Crippen MR) is 76.4 cm³/mol. The highest BCUT2D eigenvalue weighted by molar-refractivity contribution is 5.60. The first-order valence-electron chi connectivity index (χ1n) is 6.49. The summed E-state index contributed by atoms with van der Waals surface area (Å²) in [4.78, 5) is 4.34. The van der Waals surface area contributed by atoms with Crippen LogP contribution in [-0.4, -0.2) is 44.1 Å². The molecule has 0 bridgehead atoms. The molecule has 0 fully saturated rings. The number of hydrogen-bond acceptors (Lipinski definition) is 7. The van der Waals surface area contributed by atoms with Crippen molar-refractivity contribution in [3.63, 3.8) is 0 Å². The van der Waals surface area contributed by atoms with Crippen LogP contribution in [0, 0.1) is 0 Å². The van der Waals surface area contributed by atoms with Crippen LogP contribution in [0.1, 0.15) is 5.89 Å². The minimum atomic E-state index is -0.141. The average Bonchev–Trinajstić information content (AvgIpc) is 3.00. The van der Waals surface area contributed by atoms with E-state index in [-0.39, 0.29) is 6.10 Å². The molecular formula is C14H19N3O4. The Kier molecular flexibility index (Phi) is 5.13. The molecule has 1 aromatic carbocycles. The van der Waals surface area contributed by atoms with Crippen molar-refractivity contribution in [2.75, 3.05) is 27.9 Å². The fourth-order valence-electron chi connectivity index (χ4n) is 1.85. The van der Waals surface area contributed by atoms with E-state index >= 15 is 0 Å². The van der Waals surface area contributed by atoms with E-state index in [1.165, 1.54) is 0 Å². The lowest BCUT2D eigenvalue weighted by Crippen LogP contribution is -2.24. The van der Waals surface area contributed by atoms with E-state index in [0.29, 0.717) is 36.2 Å². The predicted octanol–water partition coefficient (Wildman–Crippen LogP) is 1.27. The second-order valence-corrected chi connectivity index (χ2v) is 4.41. The van der Waals surface area contributed by atoms with E-state index in [9.17, 15) is 0 Å². The first-order chi connectivity index (χ1) is 10.2. The second kappa shape index (κ2) is 7.05. The summed E-state index contributed by atoms with van der Waals surface area (Å²) in [7, 11) is 4.77. The molecule has 0 aliphatic rings. The molecule has 0 saturated heterocycles. The van der Waals surface area contributed by atoms with Crippen LogP contribution in [0.2, 0.25) is 0 Å². The monoisotopic (exact) mass is 293 g/mol. The van der Waals surface area contributed by atoms with Crippen molar-refractivity contribution in [1.82, 2.24) is 10.1 Å². The molecule has 21 heavy (non-hydrogen) atoms. The van der Waals surface area contributed by atoms with Gasteiger partial charge in [-0.1, -0.05) is 5.16 Å². The molecule has 1 aromatic heterocycles. The van der Waals surface area contributed by atoms with E-state index in [1.54, 1.807) is 27.4 Å². The standard InChI is InChI=1S/C14H19N3O4/c1-18-10-4-9(5-11(6-10)19-2)14-16-13(21-17-14)7-12(8-15)20-3/h4-6,12H,7-8,15H2,1-3H3. The van der Waals surface area contributed by atoms with Gasteiger partial charge in [0.25, 0.3) is 0 Å². The van der Waals surface area contributed by atoms with Crippen molar-refractivity contribution in [3.8, 4) is 22.9 Å².